The molecule has 0 aliphatic heterocycles. The fraction of sp³-hybridized carbons (Fsp3) is 0.355. The predicted octanol–water partition coefficient (Wildman–Crippen LogP) is 4.46. The Hall–Kier alpha value is -3.92. The maximum Gasteiger partial charge on any atom is 0.244 e. The number of nitrogens with zero attached hydrogens (tertiary/aromatic N) is 2. The van der Waals surface area contributed by atoms with Crippen molar-refractivity contribution in [2.45, 2.75) is 52.2 Å². The summed E-state index contributed by atoms with van der Waals surface area (Å²) in [4.78, 5) is 29.2. The number of sulfonamides is 1. The molecule has 1 N–H and O–H groups in total. The van der Waals surface area contributed by atoms with Crippen LogP contribution in [0.4, 0.5) is 10.1 Å². The minimum Gasteiger partial charge on any atom is -0.495 e. The Bertz CT molecular complexity index is 1430. The Morgan fingerprint density at radius 3 is 2.24 bits per heavy atom. The number of nitrogens with one attached hydrogen (secondary N) is 1. The van der Waals surface area contributed by atoms with Gasteiger partial charge in [0, 0.05) is 19.0 Å². The monoisotopic (exact) mass is 583 g/mol. The third-order valence-electron chi connectivity index (χ3n) is 6.82. The zero-order valence-corrected chi connectivity index (χ0v) is 24.9. The highest BCUT2D eigenvalue weighted by atomic mass is 32.2. The molecule has 0 fully saturated rings. The molecule has 0 saturated heterocycles. The first-order valence-electron chi connectivity index (χ1n) is 13.4. The summed E-state index contributed by atoms with van der Waals surface area (Å²) in [5.74, 6) is -1.10. The molecular formula is C31H38FN3O5S. The number of carbonyl (C=O) groups is 2. The summed E-state index contributed by atoms with van der Waals surface area (Å²) in [6.45, 7) is 5.02. The molecule has 2 atom stereocenters. The van der Waals surface area contributed by atoms with Crippen LogP contribution in [0.15, 0.2) is 72.8 Å². The molecule has 0 radical (unpaired) electrons. The molecule has 10 heteroatoms. The molecule has 2 amide bonds. The van der Waals surface area contributed by atoms with Crippen molar-refractivity contribution < 1.29 is 27.1 Å². The Balaban J connectivity index is 2.10. The van der Waals surface area contributed by atoms with E-state index >= 15 is 0 Å². The predicted molar refractivity (Wildman–Crippen MR) is 159 cm³/mol. The fourth-order valence-electron chi connectivity index (χ4n) is 4.37. The van der Waals surface area contributed by atoms with Crippen LogP contribution in [-0.4, -0.2) is 57.1 Å². The summed E-state index contributed by atoms with van der Waals surface area (Å²) < 4.78 is 46.2. The molecule has 220 valence electrons. The summed E-state index contributed by atoms with van der Waals surface area (Å²) in [5, 5.41) is 2.98. The van der Waals surface area contributed by atoms with Gasteiger partial charge in [-0.05, 0) is 61.2 Å². The van der Waals surface area contributed by atoms with Gasteiger partial charge in [0.1, 0.15) is 24.2 Å². The Morgan fingerprint density at radius 1 is 1.00 bits per heavy atom. The second-order valence-corrected chi connectivity index (χ2v) is 12.0. The minimum atomic E-state index is -3.95. The second-order valence-electron chi connectivity index (χ2n) is 10.1. The molecule has 0 aliphatic rings. The summed E-state index contributed by atoms with van der Waals surface area (Å²) in [6.07, 6.45) is 1.90. The lowest BCUT2D eigenvalue weighted by molar-refractivity contribution is -0.140. The highest BCUT2D eigenvalue weighted by Gasteiger charge is 2.34. The van der Waals surface area contributed by atoms with Gasteiger partial charge in [-0.25, -0.2) is 12.8 Å². The lowest BCUT2D eigenvalue weighted by Crippen LogP contribution is -2.54. The van der Waals surface area contributed by atoms with Crippen molar-refractivity contribution in [1.82, 2.24) is 10.2 Å². The van der Waals surface area contributed by atoms with Gasteiger partial charge in [0.15, 0.2) is 0 Å². The molecule has 0 bridgehead atoms. The molecule has 0 aromatic heterocycles. The van der Waals surface area contributed by atoms with Crippen molar-refractivity contribution >= 4 is 27.5 Å². The van der Waals surface area contributed by atoms with Crippen LogP contribution in [0.2, 0.25) is 0 Å². The maximum atomic E-state index is 14.1. The van der Waals surface area contributed by atoms with Gasteiger partial charge < -0.3 is 15.0 Å². The molecular weight excluding hydrogens is 545 g/mol. The average Bonchev–Trinajstić information content (AvgIpc) is 2.94. The van der Waals surface area contributed by atoms with Crippen LogP contribution in [-0.2, 0) is 32.6 Å². The lowest BCUT2D eigenvalue weighted by atomic mass is 10.0. The van der Waals surface area contributed by atoms with Gasteiger partial charge in [0.2, 0.25) is 21.8 Å². The van der Waals surface area contributed by atoms with E-state index in [4.69, 9.17) is 4.74 Å². The first kappa shape index (κ1) is 31.6. The Labute approximate surface area is 242 Å². The van der Waals surface area contributed by atoms with E-state index in [1.54, 1.807) is 37.3 Å². The minimum absolute atomic E-state index is 0.0346. The second kappa shape index (κ2) is 14.1. The Morgan fingerprint density at radius 2 is 1.66 bits per heavy atom. The highest BCUT2D eigenvalue weighted by Crippen LogP contribution is 2.31. The summed E-state index contributed by atoms with van der Waals surface area (Å²) in [7, 11) is -2.52. The number of halogens is 1. The van der Waals surface area contributed by atoms with Crippen LogP contribution in [0.1, 0.15) is 37.0 Å². The number of aryl methyl sites for hydroxylation is 1. The third kappa shape index (κ3) is 8.78. The number of rotatable bonds is 13. The van der Waals surface area contributed by atoms with Crippen molar-refractivity contribution in [1.29, 1.82) is 0 Å². The normalized spacial score (nSPS) is 12.7. The number of methoxy groups -OCH3 is 1. The van der Waals surface area contributed by atoms with Crippen LogP contribution in [0.25, 0.3) is 0 Å². The van der Waals surface area contributed by atoms with E-state index in [9.17, 15) is 22.4 Å². The number of carbonyl (C=O) groups excluding carboxylic acids is 2. The molecule has 8 nitrogen and oxygen atoms in total. The van der Waals surface area contributed by atoms with Crippen LogP contribution in [0.5, 0.6) is 5.75 Å². The molecule has 3 aromatic rings. The van der Waals surface area contributed by atoms with E-state index in [1.807, 2.05) is 44.2 Å². The van der Waals surface area contributed by atoms with E-state index in [1.165, 1.54) is 24.1 Å². The average molecular weight is 584 g/mol. The van der Waals surface area contributed by atoms with Gasteiger partial charge in [-0.15, -0.1) is 0 Å². The first-order valence-corrected chi connectivity index (χ1v) is 15.3. The molecule has 0 unspecified atom stereocenters. The van der Waals surface area contributed by atoms with Crippen molar-refractivity contribution in [3.8, 4) is 5.75 Å². The maximum absolute atomic E-state index is 14.1. The van der Waals surface area contributed by atoms with Crippen molar-refractivity contribution in [2.24, 2.45) is 0 Å². The first-order chi connectivity index (χ1) is 19.4. The molecule has 41 heavy (non-hydrogen) atoms. The SMILES string of the molecule is CC[C@@H](C)NC(=O)[C@@H](Cc1ccccc1)N(Cc1ccc(F)cc1)C(=O)CN(c1cc(C)ccc1OC)S(C)(=O)=O. The van der Waals surface area contributed by atoms with E-state index < -0.39 is 34.3 Å². The molecule has 0 heterocycles. The number of ether oxygens (including phenoxy) is 1. The number of benzene rings is 3. The van der Waals surface area contributed by atoms with E-state index in [0.29, 0.717) is 12.0 Å². The smallest absolute Gasteiger partial charge is 0.244 e. The van der Waals surface area contributed by atoms with Gasteiger partial charge in [0.25, 0.3) is 0 Å². The van der Waals surface area contributed by atoms with E-state index in [0.717, 1.165) is 21.7 Å². The van der Waals surface area contributed by atoms with Crippen LogP contribution < -0.4 is 14.4 Å². The summed E-state index contributed by atoms with van der Waals surface area (Å²) in [6, 6.07) is 18.9. The van der Waals surface area contributed by atoms with E-state index in [-0.39, 0.29) is 36.4 Å². The topological polar surface area (TPSA) is 96.0 Å². The van der Waals surface area contributed by atoms with Crippen molar-refractivity contribution in [3.05, 3.63) is 95.3 Å². The standard InChI is InChI=1S/C31H38FN3O5S/c1-6-23(3)33-31(37)28(19-24-10-8-7-9-11-24)34(20-25-13-15-26(32)16-14-25)30(36)21-35(41(5,38)39)27-18-22(2)12-17-29(27)40-4/h7-18,23,28H,6,19-21H2,1-5H3,(H,33,37)/t23-,28-/m1/s1. The van der Waals surface area contributed by atoms with Gasteiger partial charge in [-0.2, -0.15) is 0 Å². The van der Waals surface area contributed by atoms with E-state index in [2.05, 4.69) is 5.32 Å². The number of hydrogen-bond acceptors (Lipinski definition) is 5. The van der Waals surface area contributed by atoms with Crippen molar-refractivity contribution in [3.63, 3.8) is 0 Å². The fourth-order valence-corrected chi connectivity index (χ4v) is 5.22. The molecule has 0 aliphatic carbocycles. The zero-order chi connectivity index (χ0) is 30.2. The third-order valence-corrected chi connectivity index (χ3v) is 7.95. The summed E-state index contributed by atoms with van der Waals surface area (Å²) in [5.41, 5.74) is 2.41. The number of hydrogen-bond donors (Lipinski definition) is 1. The molecule has 3 aromatic carbocycles. The lowest BCUT2D eigenvalue weighted by Gasteiger charge is -2.34. The van der Waals surface area contributed by atoms with Gasteiger partial charge >= 0.3 is 0 Å². The van der Waals surface area contributed by atoms with Crippen LogP contribution >= 0.6 is 0 Å². The summed E-state index contributed by atoms with van der Waals surface area (Å²) >= 11 is 0. The van der Waals surface area contributed by atoms with Crippen LogP contribution in [0, 0.1) is 12.7 Å². The molecule has 0 spiro atoms. The number of anilines is 1. The quantitative estimate of drug-likeness (QED) is 0.321. The molecule has 3 rings (SSSR count). The van der Waals surface area contributed by atoms with Gasteiger partial charge in [-0.1, -0.05) is 55.5 Å². The zero-order valence-electron chi connectivity index (χ0n) is 24.1. The Kier molecular flexibility index (Phi) is 10.9. The van der Waals surface area contributed by atoms with Gasteiger partial charge in [0.05, 0.1) is 19.1 Å². The van der Waals surface area contributed by atoms with Crippen molar-refractivity contribution in [2.75, 3.05) is 24.2 Å². The number of amides is 2. The molecule has 0 saturated carbocycles. The largest absolute Gasteiger partial charge is 0.495 e. The highest BCUT2D eigenvalue weighted by molar-refractivity contribution is 7.92. The van der Waals surface area contributed by atoms with Gasteiger partial charge in [-0.3, -0.25) is 13.9 Å². The van der Waals surface area contributed by atoms with Crippen LogP contribution in [0.3, 0.4) is 0 Å².